The number of nitrogens with one attached hydrogen (secondary N) is 1. The molecule has 18 heavy (non-hydrogen) atoms. The number of Topliss-reactive ketones (excluding diaryl/α,β-unsaturated/α-hetero) is 1. The number of ether oxygens (including phenoxy) is 1. The number of carbonyl (C=O) groups excluding carboxylic acids is 1. The highest BCUT2D eigenvalue weighted by Crippen LogP contribution is 2.18. The molecule has 0 saturated heterocycles. The number of halogens is 3. The van der Waals surface area contributed by atoms with Gasteiger partial charge in [0.15, 0.2) is 5.78 Å². The fourth-order valence-electron chi connectivity index (χ4n) is 1.39. The first-order valence-electron chi connectivity index (χ1n) is 5.46. The molecule has 0 unspecified atom stereocenters. The van der Waals surface area contributed by atoms with E-state index in [1.165, 1.54) is 6.07 Å². The number of hydrogen-bond donors (Lipinski definition) is 1. The fourth-order valence-corrected chi connectivity index (χ4v) is 1.39. The van der Waals surface area contributed by atoms with Gasteiger partial charge in [-0.2, -0.15) is 13.2 Å². The highest BCUT2D eigenvalue weighted by Gasteiger charge is 2.26. The van der Waals surface area contributed by atoms with Gasteiger partial charge in [-0.3, -0.25) is 4.79 Å². The molecule has 1 aromatic carbocycles. The lowest BCUT2D eigenvalue weighted by molar-refractivity contribution is -0.124. The summed E-state index contributed by atoms with van der Waals surface area (Å²) in [6, 6.07) is 6.48. The van der Waals surface area contributed by atoms with Gasteiger partial charge in [-0.05, 0) is 19.1 Å². The van der Waals surface area contributed by atoms with Gasteiger partial charge in [-0.15, -0.1) is 0 Å². The Balaban J connectivity index is 2.61. The van der Waals surface area contributed by atoms with Crippen molar-refractivity contribution in [3.8, 4) is 5.75 Å². The van der Waals surface area contributed by atoms with Crippen LogP contribution in [0, 0.1) is 0 Å². The van der Waals surface area contributed by atoms with Crippen molar-refractivity contribution in [2.45, 2.75) is 13.1 Å². The highest BCUT2D eigenvalue weighted by molar-refractivity contribution is 6.00. The fraction of sp³-hybridized carbons (Fsp3) is 0.417. The maximum absolute atomic E-state index is 11.9. The van der Waals surface area contributed by atoms with Crippen molar-refractivity contribution in [3.05, 3.63) is 29.8 Å². The Morgan fingerprint density at radius 3 is 2.61 bits per heavy atom. The third kappa shape index (κ3) is 4.75. The van der Waals surface area contributed by atoms with Crippen LogP contribution < -0.4 is 10.1 Å². The lowest BCUT2D eigenvalue weighted by Gasteiger charge is -2.10. The summed E-state index contributed by atoms with van der Waals surface area (Å²) in [5.74, 6) is -0.0397. The molecule has 6 heteroatoms. The molecule has 0 fully saturated rings. The van der Waals surface area contributed by atoms with Gasteiger partial charge in [0.05, 0.1) is 25.3 Å². The second kappa shape index (κ2) is 6.39. The molecule has 0 radical (unpaired) electrons. The molecule has 3 nitrogen and oxygen atoms in total. The topological polar surface area (TPSA) is 38.3 Å². The Bertz CT molecular complexity index is 405. The highest BCUT2D eigenvalue weighted by atomic mass is 19.4. The first kappa shape index (κ1) is 14.5. The molecule has 0 amide bonds. The molecule has 1 rings (SSSR count). The number of hydrogen-bond acceptors (Lipinski definition) is 3. The predicted octanol–water partition coefficient (Wildman–Crippen LogP) is 2.42. The molecular formula is C12H14F3NO2. The first-order chi connectivity index (χ1) is 8.44. The molecule has 0 spiro atoms. The molecule has 0 aliphatic rings. The summed E-state index contributed by atoms with van der Waals surface area (Å²) in [7, 11) is 0. The van der Waals surface area contributed by atoms with Crippen LogP contribution in [0.2, 0.25) is 0 Å². The largest absolute Gasteiger partial charge is 0.493 e. The third-order valence-corrected chi connectivity index (χ3v) is 2.10. The Labute approximate surface area is 103 Å². The number of rotatable bonds is 6. The molecule has 0 aliphatic carbocycles. The van der Waals surface area contributed by atoms with Gasteiger partial charge in [0.2, 0.25) is 0 Å². The molecule has 0 atom stereocenters. The van der Waals surface area contributed by atoms with E-state index in [-0.39, 0.29) is 12.1 Å². The summed E-state index contributed by atoms with van der Waals surface area (Å²) in [5, 5.41) is 2.06. The summed E-state index contributed by atoms with van der Waals surface area (Å²) in [4.78, 5) is 11.7. The van der Waals surface area contributed by atoms with Crippen molar-refractivity contribution in [2.24, 2.45) is 0 Å². The molecular weight excluding hydrogens is 247 g/mol. The molecule has 0 bridgehead atoms. The van der Waals surface area contributed by atoms with Crippen molar-refractivity contribution in [1.82, 2.24) is 5.32 Å². The Kier molecular flexibility index (Phi) is 5.15. The maximum atomic E-state index is 11.9. The van der Waals surface area contributed by atoms with Crippen molar-refractivity contribution >= 4 is 5.78 Å². The van der Waals surface area contributed by atoms with Crippen molar-refractivity contribution in [1.29, 1.82) is 0 Å². The molecule has 1 aromatic rings. The van der Waals surface area contributed by atoms with Gasteiger partial charge in [0.25, 0.3) is 0 Å². The summed E-state index contributed by atoms with van der Waals surface area (Å²) < 4.78 is 41.0. The lowest BCUT2D eigenvalue weighted by atomic mass is 10.1. The zero-order chi connectivity index (χ0) is 13.6. The van der Waals surface area contributed by atoms with E-state index in [2.05, 4.69) is 5.32 Å². The molecule has 0 saturated carbocycles. The molecule has 0 heterocycles. The summed E-state index contributed by atoms with van der Waals surface area (Å²) >= 11 is 0. The van der Waals surface area contributed by atoms with Crippen LogP contribution in [0.15, 0.2) is 24.3 Å². The van der Waals surface area contributed by atoms with Crippen molar-refractivity contribution in [2.75, 3.05) is 19.7 Å². The van der Waals surface area contributed by atoms with Crippen molar-refractivity contribution < 1.29 is 22.7 Å². The van der Waals surface area contributed by atoms with E-state index in [0.717, 1.165) is 0 Å². The van der Waals surface area contributed by atoms with E-state index >= 15 is 0 Å². The minimum Gasteiger partial charge on any atom is -0.493 e. The van der Waals surface area contributed by atoms with Crippen molar-refractivity contribution in [3.63, 3.8) is 0 Å². The van der Waals surface area contributed by atoms with Gasteiger partial charge < -0.3 is 10.1 Å². The van der Waals surface area contributed by atoms with Crippen LogP contribution in [0.1, 0.15) is 17.3 Å². The Morgan fingerprint density at radius 2 is 2.00 bits per heavy atom. The van der Waals surface area contributed by atoms with Gasteiger partial charge in [0, 0.05) is 0 Å². The SMILES string of the molecule is CCOc1ccccc1C(=O)CNCC(F)(F)F. The summed E-state index contributed by atoms with van der Waals surface area (Å²) in [5.41, 5.74) is 0.286. The van der Waals surface area contributed by atoms with E-state index in [4.69, 9.17) is 4.74 Å². The molecule has 0 aromatic heterocycles. The average molecular weight is 261 g/mol. The normalized spacial score (nSPS) is 11.3. The van der Waals surface area contributed by atoms with Crippen LogP contribution in [0.3, 0.4) is 0 Å². The second-order valence-electron chi connectivity index (χ2n) is 3.57. The van der Waals surface area contributed by atoms with Crippen LogP contribution in [-0.4, -0.2) is 31.7 Å². The monoisotopic (exact) mass is 261 g/mol. The number of alkyl halides is 3. The number of carbonyl (C=O) groups is 1. The standard InChI is InChI=1S/C12H14F3NO2/c1-2-18-11-6-4-3-5-9(11)10(17)7-16-8-12(13,14)15/h3-6,16H,2,7-8H2,1H3. The van der Waals surface area contributed by atoms with Crippen LogP contribution >= 0.6 is 0 Å². The van der Waals surface area contributed by atoms with E-state index < -0.39 is 18.5 Å². The van der Waals surface area contributed by atoms with E-state index in [1.807, 2.05) is 0 Å². The Hall–Kier alpha value is -1.56. The minimum atomic E-state index is -4.32. The summed E-state index contributed by atoms with van der Waals surface area (Å²) in [6.45, 7) is 0.600. The predicted molar refractivity (Wildman–Crippen MR) is 60.9 cm³/mol. The van der Waals surface area contributed by atoms with Gasteiger partial charge in [-0.1, -0.05) is 12.1 Å². The smallest absolute Gasteiger partial charge is 0.401 e. The zero-order valence-electron chi connectivity index (χ0n) is 9.88. The van der Waals surface area contributed by atoms with Crippen LogP contribution in [0.4, 0.5) is 13.2 Å². The minimum absolute atomic E-state index is 0.286. The van der Waals surface area contributed by atoms with Crippen LogP contribution in [0.25, 0.3) is 0 Å². The van der Waals surface area contributed by atoms with Crippen LogP contribution in [-0.2, 0) is 0 Å². The van der Waals surface area contributed by atoms with E-state index in [1.54, 1.807) is 25.1 Å². The molecule has 0 aliphatic heterocycles. The van der Waals surface area contributed by atoms with Gasteiger partial charge >= 0.3 is 6.18 Å². The molecule has 1 N–H and O–H groups in total. The third-order valence-electron chi connectivity index (χ3n) is 2.10. The van der Waals surface area contributed by atoms with Gasteiger partial charge in [0.1, 0.15) is 5.75 Å². The first-order valence-corrected chi connectivity index (χ1v) is 5.46. The number of ketones is 1. The summed E-state index contributed by atoms with van der Waals surface area (Å²) in [6.07, 6.45) is -4.32. The zero-order valence-corrected chi connectivity index (χ0v) is 9.88. The number of para-hydroxylation sites is 1. The lowest BCUT2D eigenvalue weighted by Crippen LogP contribution is -2.32. The van der Waals surface area contributed by atoms with E-state index in [0.29, 0.717) is 12.4 Å². The average Bonchev–Trinajstić information content (AvgIpc) is 2.28. The number of benzene rings is 1. The maximum Gasteiger partial charge on any atom is 0.401 e. The Morgan fingerprint density at radius 1 is 1.33 bits per heavy atom. The van der Waals surface area contributed by atoms with E-state index in [9.17, 15) is 18.0 Å². The molecule has 100 valence electrons. The second-order valence-corrected chi connectivity index (χ2v) is 3.57. The quantitative estimate of drug-likeness (QED) is 0.799. The van der Waals surface area contributed by atoms with Crippen LogP contribution in [0.5, 0.6) is 5.75 Å². The van der Waals surface area contributed by atoms with Gasteiger partial charge in [-0.25, -0.2) is 0 Å².